The molecule has 0 unspecified atom stereocenters. The van der Waals surface area contributed by atoms with Gasteiger partial charge in [-0.15, -0.1) is 6.58 Å². The first-order chi connectivity index (χ1) is 7.06. The predicted octanol–water partition coefficient (Wildman–Crippen LogP) is 4.17. The highest BCUT2D eigenvalue weighted by Gasteiger charge is 2.18. The number of rotatable bonds is 2. The van der Waals surface area contributed by atoms with E-state index in [1.807, 2.05) is 6.08 Å². The van der Waals surface area contributed by atoms with E-state index < -0.39 is 0 Å². The summed E-state index contributed by atoms with van der Waals surface area (Å²) in [6.07, 6.45) is 4.17. The summed E-state index contributed by atoms with van der Waals surface area (Å²) < 4.78 is 3.56. The Balaban J connectivity index is 2.78. The number of fused-ring (bicyclic) bond motifs is 1. The zero-order chi connectivity index (χ0) is 11.1. The van der Waals surface area contributed by atoms with E-state index in [1.165, 1.54) is 14.5 Å². The van der Waals surface area contributed by atoms with Crippen LogP contribution in [0, 0.1) is 3.57 Å². The molecule has 15 heavy (non-hydrogen) atoms. The Labute approximate surface area is 104 Å². The lowest BCUT2D eigenvalue weighted by Crippen LogP contribution is -2.21. The second kappa shape index (κ2) is 3.67. The van der Waals surface area contributed by atoms with Crippen LogP contribution in [0.3, 0.4) is 0 Å². The lowest BCUT2D eigenvalue weighted by atomic mass is 10.1. The fourth-order valence-corrected chi connectivity index (χ4v) is 2.45. The molecule has 0 aliphatic carbocycles. The maximum Gasteiger partial charge on any atom is 0.0569 e. The molecule has 1 nitrogen and oxygen atoms in total. The average molecular weight is 311 g/mol. The highest BCUT2D eigenvalue weighted by molar-refractivity contribution is 14.1. The van der Waals surface area contributed by atoms with Gasteiger partial charge in [-0.1, -0.05) is 24.3 Å². The molecule has 1 aromatic heterocycles. The van der Waals surface area contributed by atoms with Crippen molar-refractivity contribution in [2.45, 2.75) is 19.4 Å². The Morgan fingerprint density at radius 3 is 2.67 bits per heavy atom. The molecular weight excluding hydrogens is 297 g/mol. The number of nitrogens with zero attached hydrogens (tertiary/aromatic N) is 1. The van der Waals surface area contributed by atoms with Crippen LogP contribution >= 0.6 is 22.6 Å². The standard InChI is InChI=1S/C13H14IN/c1-4-13(2,3)15-9-11(14)10-7-5-6-8-12(10)15/h4-9H,1H2,2-3H3. The van der Waals surface area contributed by atoms with Gasteiger partial charge in [-0.2, -0.15) is 0 Å². The Hall–Kier alpha value is -0.770. The molecule has 0 atom stereocenters. The maximum absolute atomic E-state index is 3.90. The van der Waals surface area contributed by atoms with Crippen molar-refractivity contribution in [2.75, 3.05) is 0 Å². The normalized spacial score (nSPS) is 11.9. The van der Waals surface area contributed by atoms with Gasteiger partial charge in [0.1, 0.15) is 0 Å². The molecule has 0 radical (unpaired) electrons. The van der Waals surface area contributed by atoms with E-state index in [0.717, 1.165) is 0 Å². The lowest BCUT2D eigenvalue weighted by molar-refractivity contribution is 0.471. The van der Waals surface area contributed by atoms with Crippen molar-refractivity contribution < 1.29 is 0 Å². The topological polar surface area (TPSA) is 4.93 Å². The van der Waals surface area contributed by atoms with E-state index in [2.05, 4.69) is 78.0 Å². The molecule has 1 aromatic carbocycles. The molecule has 78 valence electrons. The summed E-state index contributed by atoms with van der Waals surface area (Å²) in [5.74, 6) is 0. The van der Waals surface area contributed by atoms with Gasteiger partial charge < -0.3 is 4.57 Å². The van der Waals surface area contributed by atoms with Gasteiger partial charge in [-0.05, 0) is 42.5 Å². The number of benzene rings is 1. The van der Waals surface area contributed by atoms with Crippen LogP contribution in [0.4, 0.5) is 0 Å². The van der Waals surface area contributed by atoms with Crippen LogP contribution in [0.5, 0.6) is 0 Å². The fraction of sp³-hybridized carbons (Fsp3) is 0.231. The number of hydrogen-bond acceptors (Lipinski definition) is 0. The number of para-hydroxylation sites is 1. The van der Waals surface area contributed by atoms with Crippen LogP contribution in [0.15, 0.2) is 43.1 Å². The molecular formula is C13H14IN. The zero-order valence-corrected chi connectivity index (χ0v) is 11.2. The minimum absolute atomic E-state index is 0.0387. The molecule has 1 heterocycles. The summed E-state index contributed by atoms with van der Waals surface area (Å²) in [6, 6.07) is 8.47. The molecule has 0 aliphatic heterocycles. The molecule has 2 rings (SSSR count). The van der Waals surface area contributed by atoms with Crippen molar-refractivity contribution in [3.05, 3.63) is 46.7 Å². The van der Waals surface area contributed by atoms with Crippen molar-refractivity contribution in [2.24, 2.45) is 0 Å². The van der Waals surface area contributed by atoms with Gasteiger partial charge in [0.05, 0.1) is 5.54 Å². The van der Waals surface area contributed by atoms with E-state index in [-0.39, 0.29) is 5.54 Å². The van der Waals surface area contributed by atoms with Crippen molar-refractivity contribution in [3.8, 4) is 0 Å². The molecule has 0 spiro atoms. The van der Waals surface area contributed by atoms with Crippen LogP contribution in [0.25, 0.3) is 10.9 Å². The molecule has 0 N–H and O–H groups in total. The fourth-order valence-electron chi connectivity index (χ4n) is 1.71. The largest absolute Gasteiger partial charge is 0.337 e. The number of hydrogen-bond donors (Lipinski definition) is 0. The summed E-state index contributed by atoms with van der Waals surface area (Å²) in [5.41, 5.74) is 1.23. The van der Waals surface area contributed by atoms with Crippen LogP contribution in [0.1, 0.15) is 13.8 Å². The van der Waals surface area contributed by atoms with Crippen molar-refractivity contribution in [1.29, 1.82) is 0 Å². The van der Waals surface area contributed by atoms with E-state index in [0.29, 0.717) is 0 Å². The van der Waals surface area contributed by atoms with Gasteiger partial charge in [-0.3, -0.25) is 0 Å². The highest BCUT2D eigenvalue weighted by atomic mass is 127. The lowest BCUT2D eigenvalue weighted by Gasteiger charge is -2.23. The molecule has 0 aliphatic rings. The summed E-state index contributed by atoms with van der Waals surface area (Å²) in [6.45, 7) is 8.24. The van der Waals surface area contributed by atoms with Crippen LogP contribution in [-0.4, -0.2) is 4.57 Å². The summed E-state index contributed by atoms with van der Waals surface area (Å²) in [7, 11) is 0. The van der Waals surface area contributed by atoms with E-state index in [9.17, 15) is 0 Å². The van der Waals surface area contributed by atoms with Crippen molar-refractivity contribution >= 4 is 33.5 Å². The van der Waals surface area contributed by atoms with Crippen LogP contribution in [0.2, 0.25) is 0 Å². The SMILES string of the molecule is C=CC(C)(C)n1cc(I)c2ccccc21. The second-order valence-corrected chi connectivity index (χ2v) is 5.38. The minimum atomic E-state index is -0.0387. The van der Waals surface area contributed by atoms with E-state index in [4.69, 9.17) is 0 Å². The Kier molecular flexibility index (Phi) is 2.63. The van der Waals surface area contributed by atoms with E-state index >= 15 is 0 Å². The second-order valence-electron chi connectivity index (χ2n) is 4.22. The van der Waals surface area contributed by atoms with Crippen molar-refractivity contribution in [3.63, 3.8) is 0 Å². The Morgan fingerprint density at radius 1 is 1.33 bits per heavy atom. The number of allylic oxidation sites excluding steroid dienone is 1. The van der Waals surface area contributed by atoms with Crippen LogP contribution in [-0.2, 0) is 5.54 Å². The Bertz CT molecular complexity index is 508. The van der Waals surface area contributed by atoms with Gasteiger partial charge in [0.2, 0.25) is 0 Å². The first kappa shape index (κ1) is 10.7. The van der Waals surface area contributed by atoms with E-state index in [1.54, 1.807) is 0 Å². The van der Waals surface area contributed by atoms with Crippen molar-refractivity contribution in [1.82, 2.24) is 4.57 Å². The summed E-state index contributed by atoms with van der Waals surface area (Å²) in [5, 5.41) is 1.31. The molecule has 0 fully saturated rings. The molecule has 0 amide bonds. The average Bonchev–Trinajstić information content (AvgIpc) is 2.58. The molecule has 0 saturated carbocycles. The third kappa shape index (κ3) is 1.71. The quantitative estimate of drug-likeness (QED) is 0.579. The molecule has 0 saturated heterocycles. The van der Waals surface area contributed by atoms with Crippen LogP contribution < -0.4 is 0 Å². The third-order valence-corrected chi connectivity index (χ3v) is 3.64. The number of halogens is 1. The maximum atomic E-state index is 3.90. The summed E-state index contributed by atoms with van der Waals surface area (Å²) >= 11 is 2.38. The third-order valence-electron chi connectivity index (χ3n) is 2.78. The molecule has 2 aromatic rings. The van der Waals surface area contributed by atoms with Gasteiger partial charge in [0.15, 0.2) is 0 Å². The molecule has 0 bridgehead atoms. The zero-order valence-electron chi connectivity index (χ0n) is 9.00. The first-order valence-corrected chi connectivity index (χ1v) is 6.04. The smallest absolute Gasteiger partial charge is 0.0569 e. The first-order valence-electron chi connectivity index (χ1n) is 4.96. The summed E-state index contributed by atoms with van der Waals surface area (Å²) in [4.78, 5) is 0. The van der Waals surface area contributed by atoms with Gasteiger partial charge >= 0.3 is 0 Å². The van der Waals surface area contributed by atoms with Gasteiger partial charge in [0, 0.05) is 20.7 Å². The van der Waals surface area contributed by atoms with Gasteiger partial charge in [-0.25, -0.2) is 0 Å². The predicted molar refractivity (Wildman–Crippen MR) is 74.2 cm³/mol. The monoisotopic (exact) mass is 311 g/mol. The highest BCUT2D eigenvalue weighted by Crippen LogP contribution is 2.28. The molecule has 2 heteroatoms. The van der Waals surface area contributed by atoms with Gasteiger partial charge in [0.25, 0.3) is 0 Å². The minimum Gasteiger partial charge on any atom is -0.337 e. The number of aromatic nitrogens is 1. The Morgan fingerprint density at radius 2 is 2.00 bits per heavy atom.